The minimum Gasteiger partial charge on any atom is -0.322 e. The summed E-state index contributed by atoms with van der Waals surface area (Å²) in [5, 5.41) is 0. The average Bonchev–Trinajstić information content (AvgIpc) is 3.67. The van der Waals surface area contributed by atoms with Crippen molar-refractivity contribution in [2.75, 3.05) is 0 Å². The summed E-state index contributed by atoms with van der Waals surface area (Å²) in [6, 6.07) is 75.9. The van der Waals surface area contributed by atoms with Crippen molar-refractivity contribution in [2.45, 2.75) is 45.6 Å². The Hall–Kier alpha value is -9.34. The minimum atomic E-state index is -0.460. The largest absolute Gasteiger partial charge is 0.322 e. The van der Waals surface area contributed by atoms with E-state index in [-0.39, 0.29) is 28.7 Å². The summed E-state index contributed by atoms with van der Waals surface area (Å²) >= 11 is 0. The molecular formula is C75H57F4N. The maximum atomic E-state index is 15.1. The molecule has 0 amide bonds. The molecule has 0 heterocycles. The van der Waals surface area contributed by atoms with Crippen molar-refractivity contribution < 1.29 is 17.6 Å². The first-order valence-corrected chi connectivity index (χ1v) is 26.8. The second-order valence-electron chi connectivity index (χ2n) is 21.9. The molecule has 11 aromatic rings. The van der Waals surface area contributed by atoms with Gasteiger partial charge in [0.25, 0.3) is 0 Å². The van der Waals surface area contributed by atoms with Crippen molar-refractivity contribution in [2.24, 2.45) is 5.73 Å². The first-order valence-electron chi connectivity index (χ1n) is 26.8. The van der Waals surface area contributed by atoms with Crippen LogP contribution >= 0.6 is 0 Å². The highest BCUT2D eigenvalue weighted by Crippen LogP contribution is 2.53. The summed E-state index contributed by atoms with van der Waals surface area (Å²) in [4.78, 5) is 0. The first-order chi connectivity index (χ1) is 38.6. The van der Waals surface area contributed by atoms with Crippen LogP contribution in [-0.2, 0) is 11.0 Å². The highest BCUT2D eigenvalue weighted by atomic mass is 19.1. The van der Waals surface area contributed by atoms with E-state index in [1.807, 2.05) is 123 Å². The summed E-state index contributed by atoms with van der Waals surface area (Å²) in [5.74, 6) is 5.23. The maximum Gasteiger partial charge on any atom is 0.123 e. The van der Waals surface area contributed by atoms with E-state index in [9.17, 15) is 8.78 Å². The van der Waals surface area contributed by atoms with E-state index < -0.39 is 5.54 Å². The highest BCUT2D eigenvalue weighted by molar-refractivity contribution is 6.08. The number of rotatable bonds is 10. The molecule has 5 heteroatoms. The van der Waals surface area contributed by atoms with Crippen LogP contribution in [0.4, 0.5) is 17.6 Å². The van der Waals surface area contributed by atoms with E-state index in [1.165, 1.54) is 48.5 Å². The summed E-state index contributed by atoms with van der Waals surface area (Å²) in [7, 11) is 0. The van der Waals surface area contributed by atoms with Gasteiger partial charge < -0.3 is 5.73 Å². The van der Waals surface area contributed by atoms with E-state index in [2.05, 4.69) is 105 Å². The Morgan fingerprint density at radius 1 is 0.287 bits per heavy atom. The maximum absolute atomic E-state index is 15.1. The summed E-state index contributed by atoms with van der Waals surface area (Å²) in [6.45, 7) is 10.5. The average molecular weight is 1050 g/mol. The number of halogens is 4. The Labute approximate surface area is 466 Å². The van der Waals surface area contributed by atoms with Gasteiger partial charge in [-0.2, -0.15) is 0 Å². The van der Waals surface area contributed by atoms with Gasteiger partial charge in [-0.3, -0.25) is 0 Å². The van der Waals surface area contributed by atoms with Crippen molar-refractivity contribution in [3.8, 4) is 112 Å². The van der Waals surface area contributed by atoms with E-state index in [0.717, 1.165) is 122 Å². The second-order valence-corrected chi connectivity index (χ2v) is 21.9. The molecule has 11 rings (SSSR count). The lowest BCUT2D eigenvalue weighted by Crippen LogP contribution is -2.28. The standard InChI is InChI=1S/C75H57F4N/c1-74(2,3)67-47-66(52-30-40-61(77)41-31-52)70(73(58-34-44-63(79)45-35-58)71(67)54-14-10-7-11-15-54)56-26-24-55(25-27-56)69-65(51-28-38-60(76)39-29-51)46-64(68(53-12-8-6-9-13-53)72(69)57-32-42-62(78)43-33-57)50-22-18-48(19-23-50)16-17-49-20-36-59(37-21-49)75(4,5)80/h6-15,18-47H,80H2,1-5H3. The molecule has 0 bridgehead atoms. The molecule has 0 aliphatic carbocycles. The van der Waals surface area contributed by atoms with Gasteiger partial charge in [0.15, 0.2) is 0 Å². The third-order valence-corrected chi connectivity index (χ3v) is 14.8. The molecule has 0 radical (unpaired) electrons. The number of benzene rings is 11. The Balaban J connectivity index is 1.18. The van der Waals surface area contributed by atoms with E-state index in [4.69, 9.17) is 5.73 Å². The number of hydrogen-bond donors (Lipinski definition) is 1. The van der Waals surface area contributed by atoms with Crippen molar-refractivity contribution in [3.63, 3.8) is 0 Å². The zero-order valence-electron chi connectivity index (χ0n) is 45.2. The molecular weight excluding hydrogens is 991 g/mol. The topological polar surface area (TPSA) is 26.0 Å². The molecule has 0 unspecified atom stereocenters. The van der Waals surface area contributed by atoms with Crippen LogP contribution in [0, 0.1) is 35.1 Å². The molecule has 1 nitrogen and oxygen atoms in total. The SMILES string of the molecule is CC(C)(C)c1cc(-c2ccc(F)cc2)c(-c2ccc(-c3c(-c4ccc(F)cc4)cc(-c4ccc(C#Cc5ccc(C(C)(C)N)cc5)cc4)c(-c4ccccc4)c3-c3ccc(F)cc3)cc2)c(-c2ccc(F)cc2)c1-c1ccccc1. The van der Waals surface area contributed by atoms with Crippen molar-refractivity contribution in [3.05, 3.63) is 288 Å². The Kier molecular flexibility index (Phi) is 14.4. The van der Waals surface area contributed by atoms with Gasteiger partial charge >= 0.3 is 0 Å². The fraction of sp³-hybridized carbons (Fsp3) is 0.0933. The summed E-state index contributed by atoms with van der Waals surface area (Å²) in [5.41, 5.74) is 25.2. The summed E-state index contributed by atoms with van der Waals surface area (Å²) in [6.07, 6.45) is 0. The molecule has 2 N–H and O–H groups in total. The molecule has 0 spiro atoms. The van der Waals surface area contributed by atoms with Gasteiger partial charge in [-0.15, -0.1) is 0 Å². The molecule has 0 saturated carbocycles. The molecule has 0 atom stereocenters. The first kappa shape index (κ1) is 52.7. The van der Waals surface area contributed by atoms with Gasteiger partial charge in [-0.25, -0.2) is 17.6 Å². The van der Waals surface area contributed by atoms with Crippen LogP contribution in [0.2, 0.25) is 0 Å². The van der Waals surface area contributed by atoms with Crippen LogP contribution in [0.15, 0.2) is 243 Å². The fourth-order valence-electron chi connectivity index (χ4n) is 10.8. The molecule has 0 saturated heterocycles. The highest BCUT2D eigenvalue weighted by Gasteiger charge is 2.29. The van der Waals surface area contributed by atoms with Crippen molar-refractivity contribution >= 4 is 0 Å². The molecule has 80 heavy (non-hydrogen) atoms. The zero-order valence-corrected chi connectivity index (χ0v) is 45.2. The monoisotopic (exact) mass is 1050 g/mol. The number of hydrogen-bond acceptors (Lipinski definition) is 1. The van der Waals surface area contributed by atoms with Gasteiger partial charge in [0.05, 0.1) is 0 Å². The van der Waals surface area contributed by atoms with Gasteiger partial charge in [0.1, 0.15) is 23.3 Å². The van der Waals surface area contributed by atoms with Crippen molar-refractivity contribution in [1.82, 2.24) is 0 Å². The van der Waals surface area contributed by atoms with E-state index >= 15 is 8.78 Å². The smallest absolute Gasteiger partial charge is 0.123 e. The normalized spacial score (nSPS) is 11.5. The third kappa shape index (κ3) is 10.9. The predicted molar refractivity (Wildman–Crippen MR) is 324 cm³/mol. The Morgan fingerprint density at radius 3 is 0.925 bits per heavy atom. The van der Waals surface area contributed by atoms with Crippen LogP contribution in [0.5, 0.6) is 0 Å². The Morgan fingerprint density at radius 2 is 0.562 bits per heavy atom. The molecule has 0 aliphatic heterocycles. The van der Waals surface area contributed by atoms with Gasteiger partial charge in [0.2, 0.25) is 0 Å². The van der Waals surface area contributed by atoms with Crippen LogP contribution in [0.1, 0.15) is 56.9 Å². The minimum absolute atomic E-state index is 0.345. The van der Waals surface area contributed by atoms with Crippen LogP contribution in [0.3, 0.4) is 0 Å². The lowest BCUT2D eigenvalue weighted by atomic mass is 9.73. The van der Waals surface area contributed by atoms with Gasteiger partial charge in [-0.05, 0) is 215 Å². The van der Waals surface area contributed by atoms with Crippen LogP contribution in [0.25, 0.3) is 100 Å². The molecule has 11 aromatic carbocycles. The van der Waals surface area contributed by atoms with Crippen LogP contribution < -0.4 is 5.73 Å². The third-order valence-electron chi connectivity index (χ3n) is 14.8. The van der Waals surface area contributed by atoms with Gasteiger partial charge in [-0.1, -0.05) is 190 Å². The molecule has 0 fully saturated rings. The lowest BCUT2D eigenvalue weighted by Gasteiger charge is -2.30. The van der Waals surface area contributed by atoms with E-state index in [1.54, 1.807) is 12.1 Å². The number of nitrogens with two attached hydrogens (primary N) is 1. The Bertz CT molecular complexity index is 4070. The molecule has 390 valence electrons. The predicted octanol–water partition coefficient (Wildman–Crippen LogP) is 20.1. The van der Waals surface area contributed by atoms with Gasteiger partial charge in [0, 0.05) is 16.7 Å². The quantitative estimate of drug-likeness (QED) is 0.107. The second kappa shape index (κ2) is 21.8. The zero-order chi connectivity index (χ0) is 55.7. The fourth-order valence-corrected chi connectivity index (χ4v) is 10.8. The van der Waals surface area contributed by atoms with E-state index in [0.29, 0.717) is 0 Å². The molecule has 0 aliphatic rings. The molecule has 0 aromatic heterocycles. The van der Waals surface area contributed by atoms with Crippen molar-refractivity contribution in [1.29, 1.82) is 0 Å². The van der Waals surface area contributed by atoms with Crippen LogP contribution in [-0.4, -0.2) is 0 Å². The lowest BCUT2D eigenvalue weighted by molar-refractivity contribution is 0.554. The summed E-state index contributed by atoms with van der Waals surface area (Å²) < 4.78 is 59.9.